The van der Waals surface area contributed by atoms with Gasteiger partial charge in [-0.25, -0.2) is 13.6 Å². The maximum absolute atomic E-state index is 14.3. The first kappa shape index (κ1) is 20.8. The molecule has 8 nitrogen and oxygen atoms in total. The second-order valence-electron chi connectivity index (χ2n) is 8.08. The fraction of sp³-hybridized carbons (Fsp3) is 0.217. The molecule has 1 aromatic carbocycles. The van der Waals surface area contributed by atoms with Gasteiger partial charge in [0.2, 0.25) is 5.88 Å². The standard InChI is InChI=1S/C23H19F2N5O3/c24-15-10-23(11-15,21-16(25)2-1-7-26-21)12-27-19-6-5-18(29-30-19)13-3-4-17-14(8-13)9-20(28-17)33-22(31)32/h1-9,15,28H,10-12H2,(H,27,30)(H,31,32). The number of carbonyl (C=O) groups is 1. The number of pyridine rings is 1. The number of aromatic nitrogens is 4. The van der Waals surface area contributed by atoms with Crippen LogP contribution in [0.2, 0.25) is 0 Å². The van der Waals surface area contributed by atoms with E-state index in [2.05, 4.69) is 30.2 Å². The number of hydrogen-bond donors (Lipinski definition) is 3. The summed E-state index contributed by atoms with van der Waals surface area (Å²) in [4.78, 5) is 17.7. The number of fused-ring (bicyclic) bond motifs is 1. The summed E-state index contributed by atoms with van der Waals surface area (Å²) < 4.78 is 32.7. The van der Waals surface area contributed by atoms with Crippen LogP contribution in [0.1, 0.15) is 18.5 Å². The molecule has 1 aliphatic carbocycles. The van der Waals surface area contributed by atoms with E-state index in [0.717, 1.165) is 16.5 Å². The zero-order valence-corrected chi connectivity index (χ0v) is 17.3. The molecule has 33 heavy (non-hydrogen) atoms. The Kier molecular flexibility index (Phi) is 5.12. The first-order chi connectivity index (χ1) is 15.9. The van der Waals surface area contributed by atoms with Gasteiger partial charge in [-0.3, -0.25) is 4.98 Å². The SMILES string of the molecule is O=C(O)Oc1cc2cc(-c3ccc(NCC4(c5ncccc5F)CC(F)C4)nn3)ccc2[nH]1. The summed E-state index contributed by atoms with van der Waals surface area (Å²) >= 11 is 0. The highest BCUT2D eigenvalue weighted by Gasteiger charge is 2.48. The lowest BCUT2D eigenvalue weighted by Crippen LogP contribution is -2.49. The number of alkyl halides is 1. The minimum Gasteiger partial charge on any atom is -0.449 e. The summed E-state index contributed by atoms with van der Waals surface area (Å²) in [6, 6.07) is 13.4. The second kappa shape index (κ2) is 8.12. The molecule has 10 heteroatoms. The van der Waals surface area contributed by atoms with Crippen molar-refractivity contribution in [3.63, 3.8) is 0 Å². The lowest BCUT2D eigenvalue weighted by Gasteiger charge is -2.44. The highest BCUT2D eigenvalue weighted by molar-refractivity contribution is 5.86. The van der Waals surface area contributed by atoms with Gasteiger partial charge < -0.3 is 20.1 Å². The van der Waals surface area contributed by atoms with E-state index in [0.29, 0.717) is 11.5 Å². The van der Waals surface area contributed by atoms with E-state index in [1.54, 1.807) is 24.3 Å². The lowest BCUT2D eigenvalue weighted by atomic mass is 9.65. The molecule has 4 aromatic rings. The first-order valence-corrected chi connectivity index (χ1v) is 10.3. The van der Waals surface area contributed by atoms with Crippen LogP contribution in [0.3, 0.4) is 0 Å². The van der Waals surface area contributed by atoms with Gasteiger partial charge in [0.1, 0.15) is 17.8 Å². The molecule has 168 valence electrons. The van der Waals surface area contributed by atoms with Gasteiger partial charge in [-0.2, -0.15) is 0 Å². The zero-order valence-electron chi connectivity index (χ0n) is 17.3. The molecule has 0 aliphatic heterocycles. The highest BCUT2D eigenvalue weighted by Crippen LogP contribution is 2.45. The number of benzene rings is 1. The van der Waals surface area contributed by atoms with E-state index in [9.17, 15) is 13.6 Å². The van der Waals surface area contributed by atoms with E-state index >= 15 is 0 Å². The van der Waals surface area contributed by atoms with Gasteiger partial charge >= 0.3 is 6.16 Å². The number of anilines is 1. The number of nitrogens with zero attached hydrogens (tertiary/aromatic N) is 3. The molecule has 1 fully saturated rings. The molecule has 0 saturated heterocycles. The Labute approximate surface area is 186 Å². The van der Waals surface area contributed by atoms with Gasteiger partial charge in [0, 0.05) is 40.7 Å². The summed E-state index contributed by atoms with van der Waals surface area (Å²) in [7, 11) is 0. The zero-order chi connectivity index (χ0) is 23.0. The Morgan fingerprint density at radius 3 is 2.76 bits per heavy atom. The fourth-order valence-electron chi connectivity index (χ4n) is 4.24. The Hall–Kier alpha value is -4.08. The van der Waals surface area contributed by atoms with Crippen LogP contribution >= 0.6 is 0 Å². The third kappa shape index (κ3) is 4.07. The minimum atomic E-state index is -1.40. The molecule has 1 aliphatic rings. The third-order valence-corrected chi connectivity index (χ3v) is 5.85. The third-order valence-electron chi connectivity index (χ3n) is 5.85. The predicted octanol–water partition coefficient (Wildman–Crippen LogP) is 4.70. The molecule has 3 heterocycles. The van der Waals surface area contributed by atoms with Gasteiger partial charge in [0.15, 0.2) is 0 Å². The summed E-state index contributed by atoms with van der Waals surface area (Å²) in [5, 5.41) is 21.1. The van der Waals surface area contributed by atoms with Crippen molar-refractivity contribution in [3.05, 3.63) is 66.2 Å². The van der Waals surface area contributed by atoms with Crippen LogP contribution in [0, 0.1) is 5.82 Å². The Morgan fingerprint density at radius 2 is 2.06 bits per heavy atom. The number of nitrogens with one attached hydrogen (secondary N) is 2. The van der Waals surface area contributed by atoms with Crippen LogP contribution in [0.15, 0.2) is 54.7 Å². The second-order valence-corrected chi connectivity index (χ2v) is 8.08. The molecule has 5 rings (SSSR count). The molecule has 0 amide bonds. The fourth-order valence-corrected chi connectivity index (χ4v) is 4.24. The maximum Gasteiger partial charge on any atom is 0.512 e. The van der Waals surface area contributed by atoms with Crippen LogP contribution in [0.5, 0.6) is 5.88 Å². The average Bonchev–Trinajstić information content (AvgIpc) is 3.17. The van der Waals surface area contributed by atoms with E-state index in [-0.39, 0.29) is 31.0 Å². The van der Waals surface area contributed by atoms with Crippen molar-refractivity contribution in [2.24, 2.45) is 0 Å². The van der Waals surface area contributed by atoms with Crippen LogP contribution < -0.4 is 10.1 Å². The lowest BCUT2D eigenvalue weighted by molar-refractivity contribution is 0.0964. The summed E-state index contributed by atoms with van der Waals surface area (Å²) in [6.45, 7) is 0.289. The van der Waals surface area contributed by atoms with Crippen LogP contribution in [0.25, 0.3) is 22.2 Å². The van der Waals surface area contributed by atoms with Gasteiger partial charge in [-0.15, -0.1) is 10.2 Å². The molecular weight excluding hydrogens is 432 g/mol. The van der Waals surface area contributed by atoms with Crippen molar-refractivity contribution in [2.45, 2.75) is 24.4 Å². The van der Waals surface area contributed by atoms with Crippen molar-refractivity contribution >= 4 is 22.9 Å². The predicted molar refractivity (Wildman–Crippen MR) is 116 cm³/mol. The minimum absolute atomic E-state index is 0.130. The van der Waals surface area contributed by atoms with Gasteiger partial charge in [0.05, 0.1) is 11.4 Å². The number of rotatable bonds is 6. The smallest absolute Gasteiger partial charge is 0.449 e. The molecule has 0 spiro atoms. The maximum atomic E-state index is 14.3. The molecule has 0 bridgehead atoms. The molecule has 3 aromatic heterocycles. The molecule has 3 N–H and O–H groups in total. The summed E-state index contributed by atoms with van der Waals surface area (Å²) in [5.41, 5.74) is 1.66. The average molecular weight is 451 g/mol. The van der Waals surface area contributed by atoms with E-state index in [1.807, 2.05) is 12.1 Å². The number of ether oxygens (including phenoxy) is 1. The van der Waals surface area contributed by atoms with E-state index in [4.69, 9.17) is 5.11 Å². The van der Waals surface area contributed by atoms with E-state index < -0.39 is 23.6 Å². The largest absolute Gasteiger partial charge is 0.512 e. The Balaban J connectivity index is 1.31. The molecular formula is C23H19F2N5O3. The number of H-pyrrole nitrogens is 1. The Morgan fingerprint density at radius 1 is 1.21 bits per heavy atom. The number of halogens is 2. The monoisotopic (exact) mass is 451 g/mol. The molecule has 0 atom stereocenters. The van der Waals surface area contributed by atoms with Crippen molar-refractivity contribution in [2.75, 3.05) is 11.9 Å². The van der Waals surface area contributed by atoms with Crippen LogP contribution in [-0.2, 0) is 5.41 Å². The normalized spacial score (nSPS) is 19.8. The molecule has 0 unspecified atom stereocenters. The first-order valence-electron chi connectivity index (χ1n) is 10.3. The Bertz CT molecular complexity index is 1320. The quantitative estimate of drug-likeness (QED) is 0.364. The van der Waals surface area contributed by atoms with Crippen molar-refractivity contribution in [1.82, 2.24) is 20.2 Å². The molecule has 0 radical (unpaired) electrons. The van der Waals surface area contributed by atoms with Gasteiger partial charge in [-0.05, 0) is 49.2 Å². The number of hydrogen-bond acceptors (Lipinski definition) is 6. The van der Waals surface area contributed by atoms with Crippen molar-refractivity contribution in [1.29, 1.82) is 0 Å². The van der Waals surface area contributed by atoms with E-state index in [1.165, 1.54) is 18.3 Å². The van der Waals surface area contributed by atoms with Crippen molar-refractivity contribution < 1.29 is 23.4 Å². The van der Waals surface area contributed by atoms with Gasteiger partial charge in [-0.1, -0.05) is 6.07 Å². The van der Waals surface area contributed by atoms with Gasteiger partial charge in [0.25, 0.3) is 0 Å². The topological polar surface area (TPSA) is 113 Å². The number of carboxylic acid groups (broad SMARTS) is 1. The van der Waals surface area contributed by atoms with Crippen molar-refractivity contribution in [3.8, 4) is 17.1 Å². The number of aromatic amines is 1. The highest BCUT2D eigenvalue weighted by atomic mass is 19.1. The van der Waals surface area contributed by atoms with Crippen LogP contribution in [-0.4, -0.2) is 44.1 Å². The summed E-state index contributed by atoms with van der Waals surface area (Å²) in [5.74, 6) is 0.173. The molecule has 1 saturated carbocycles. The van der Waals surface area contributed by atoms with Crippen LogP contribution in [0.4, 0.5) is 19.4 Å². The summed E-state index contributed by atoms with van der Waals surface area (Å²) in [6.07, 6.45) is -0.468.